The minimum Gasteiger partial charge on any atom is -0.490 e. The van der Waals surface area contributed by atoms with E-state index in [1.807, 2.05) is 42.5 Å². The first kappa shape index (κ1) is 16.8. The number of carbonyl (C=O) groups is 1. The summed E-state index contributed by atoms with van der Waals surface area (Å²) in [4.78, 5) is 10.7. The molecule has 2 nitrogen and oxygen atoms in total. The highest BCUT2D eigenvalue weighted by atomic mass is 16.5. The van der Waals surface area contributed by atoms with Gasteiger partial charge >= 0.3 is 0 Å². The molecule has 0 radical (unpaired) electrons. The largest absolute Gasteiger partial charge is 0.490 e. The van der Waals surface area contributed by atoms with Crippen molar-refractivity contribution >= 4 is 17.9 Å². The van der Waals surface area contributed by atoms with Gasteiger partial charge in [-0.1, -0.05) is 61.5 Å². The van der Waals surface area contributed by atoms with Gasteiger partial charge in [-0.15, -0.1) is 0 Å². The standard InChI is InChI=1S/C21H22O2/c1-3-4-5-14-23-21-12-10-20(11-13-21)17(2)15-18-6-8-19(16-22)9-7-18/h4-13,15-16H,3,14H2,1-2H3/b5-4+,17-15?. The summed E-state index contributed by atoms with van der Waals surface area (Å²) in [5, 5.41) is 0. The molecule has 0 atom stereocenters. The third-order valence-corrected chi connectivity index (χ3v) is 3.51. The van der Waals surface area contributed by atoms with Crippen LogP contribution in [0.4, 0.5) is 0 Å². The summed E-state index contributed by atoms with van der Waals surface area (Å²) in [6.45, 7) is 4.78. The lowest BCUT2D eigenvalue weighted by molar-refractivity contribution is 0.112. The van der Waals surface area contributed by atoms with E-state index in [9.17, 15) is 4.79 Å². The molecule has 2 aromatic carbocycles. The predicted molar refractivity (Wildman–Crippen MR) is 96.7 cm³/mol. The van der Waals surface area contributed by atoms with E-state index >= 15 is 0 Å². The molecule has 0 aliphatic rings. The van der Waals surface area contributed by atoms with Crippen molar-refractivity contribution in [2.45, 2.75) is 20.3 Å². The Morgan fingerprint density at radius 2 is 1.61 bits per heavy atom. The lowest BCUT2D eigenvalue weighted by Crippen LogP contribution is -1.93. The van der Waals surface area contributed by atoms with E-state index in [1.54, 1.807) is 0 Å². The first-order valence-corrected chi connectivity index (χ1v) is 7.84. The van der Waals surface area contributed by atoms with E-state index < -0.39 is 0 Å². The van der Waals surface area contributed by atoms with Crippen molar-refractivity contribution in [2.24, 2.45) is 0 Å². The third kappa shape index (κ3) is 5.26. The summed E-state index contributed by atoms with van der Waals surface area (Å²) in [7, 11) is 0. The van der Waals surface area contributed by atoms with Crippen LogP contribution in [-0.2, 0) is 0 Å². The van der Waals surface area contributed by atoms with Crippen LogP contribution in [0, 0.1) is 0 Å². The molecular weight excluding hydrogens is 284 g/mol. The first-order valence-electron chi connectivity index (χ1n) is 7.84. The van der Waals surface area contributed by atoms with E-state index in [1.165, 1.54) is 5.57 Å². The van der Waals surface area contributed by atoms with Gasteiger partial charge in [0.25, 0.3) is 0 Å². The van der Waals surface area contributed by atoms with E-state index in [0.29, 0.717) is 12.2 Å². The minimum atomic E-state index is 0.602. The Kier molecular flexibility index (Phi) is 6.37. The molecular formula is C21H22O2. The smallest absolute Gasteiger partial charge is 0.150 e. The molecule has 0 spiro atoms. The molecule has 0 saturated heterocycles. The second kappa shape index (κ2) is 8.74. The van der Waals surface area contributed by atoms with Crippen LogP contribution < -0.4 is 4.74 Å². The quantitative estimate of drug-likeness (QED) is 0.388. The van der Waals surface area contributed by atoms with Crippen molar-refractivity contribution in [3.05, 3.63) is 77.4 Å². The van der Waals surface area contributed by atoms with Gasteiger partial charge < -0.3 is 4.74 Å². The van der Waals surface area contributed by atoms with Crippen LogP contribution in [0.1, 0.15) is 41.8 Å². The molecule has 0 aliphatic heterocycles. The lowest BCUT2D eigenvalue weighted by Gasteiger charge is -2.06. The highest BCUT2D eigenvalue weighted by Crippen LogP contribution is 2.21. The van der Waals surface area contributed by atoms with Crippen molar-refractivity contribution in [1.29, 1.82) is 0 Å². The molecule has 2 aromatic rings. The number of ether oxygens (including phenoxy) is 1. The van der Waals surface area contributed by atoms with Gasteiger partial charge in [0.15, 0.2) is 0 Å². The Hall–Kier alpha value is -2.61. The molecule has 118 valence electrons. The van der Waals surface area contributed by atoms with Crippen molar-refractivity contribution < 1.29 is 9.53 Å². The highest BCUT2D eigenvalue weighted by molar-refractivity contribution is 5.81. The maximum absolute atomic E-state index is 10.7. The average Bonchev–Trinajstić information content (AvgIpc) is 2.60. The van der Waals surface area contributed by atoms with Crippen LogP contribution >= 0.6 is 0 Å². The van der Waals surface area contributed by atoms with E-state index in [4.69, 9.17) is 4.74 Å². The number of rotatable bonds is 7. The zero-order valence-corrected chi connectivity index (χ0v) is 13.7. The van der Waals surface area contributed by atoms with Crippen LogP contribution in [0.5, 0.6) is 5.75 Å². The topological polar surface area (TPSA) is 26.3 Å². The number of aldehydes is 1. The summed E-state index contributed by atoms with van der Waals surface area (Å²) in [6.07, 6.45) is 8.11. The van der Waals surface area contributed by atoms with Crippen LogP contribution in [-0.4, -0.2) is 12.9 Å². The molecule has 0 fully saturated rings. The zero-order valence-electron chi connectivity index (χ0n) is 13.7. The molecule has 0 aliphatic carbocycles. The molecule has 0 N–H and O–H groups in total. The van der Waals surface area contributed by atoms with E-state index in [-0.39, 0.29) is 0 Å². The summed E-state index contributed by atoms with van der Waals surface area (Å²) in [5.41, 5.74) is 4.10. The summed E-state index contributed by atoms with van der Waals surface area (Å²) < 4.78 is 5.65. The monoisotopic (exact) mass is 306 g/mol. The second-order valence-corrected chi connectivity index (χ2v) is 5.33. The Balaban J connectivity index is 2.03. The number of carbonyl (C=O) groups excluding carboxylic acids is 1. The number of benzene rings is 2. The second-order valence-electron chi connectivity index (χ2n) is 5.33. The maximum atomic E-state index is 10.7. The van der Waals surface area contributed by atoms with Gasteiger partial charge in [-0.25, -0.2) is 0 Å². The van der Waals surface area contributed by atoms with Crippen LogP contribution in [0.15, 0.2) is 60.7 Å². The highest BCUT2D eigenvalue weighted by Gasteiger charge is 1.98. The number of hydrogen-bond acceptors (Lipinski definition) is 2. The van der Waals surface area contributed by atoms with Gasteiger partial charge in [-0.3, -0.25) is 4.79 Å². The third-order valence-electron chi connectivity index (χ3n) is 3.51. The molecule has 2 heteroatoms. The first-order chi connectivity index (χ1) is 11.2. The molecule has 0 amide bonds. The SMILES string of the molecule is CC/C=C/COc1ccc(C(C)=Cc2ccc(C=O)cc2)cc1. The molecule has 0 aromatic heterocycles. The van der Waals surface area contributed by atoms with Crippen molar-refractivity contribution in [3.8, 4) is 5.75 Å². The Labute approximate surface area is 138 Å². The van der Waals surface area contributed by atoms with Crippen LogP contribution in [0.2, 0.25) is 0 Å². The van der Waals surface area contributed by atoms with Crippen molar-refractivity contribution in [2.75, 3.05) is 6.61 Å². The molecule has 0 heterocycles. The van der Waals surface area contributed by atoms with Crippen LogP contribution in [0.25, 0.3) is 11.6 Å². The Morgan fingerprint density at radius 1 is 0.957 bits per heavy atom. The van der Waals surface area contributed by atoms with E-state index in [0.717, 1.165) is 29.6 Å². The van der Waals surface area contributed by atoms with Gasteiger partial charge in [0.1, 0.15) is 18.6 Å². The predicted octanol–water partition coefficient (Wildman–Crippen LogP) is 5.40. The van der Waals surface area contributed by atoms with Crippen molar-refractivity contribution in [1.82, 2.24) is 0 Å². The Bertz CT molecular complexity index is 677. The molecule has 2 rings (SSSR count). The van der Waals surface area contributed by atoms with Gasteiger partial charge in [0.2, 0.25) is 0 Å². The minimum absolute atomic E-state index is 0.602. The fourth-order valence-electron chi connectivity index (χ4n) is 2.20. The summed E-state index contributed by atoms with van der Waals surface area (Å²) in [5.74, 6) is 0.873. The molecule has 0 bridgehead atoms. The van der Waals surface area contributed by atoms with Crippen molar-refractivity contribution in [3.63, 3.8) is 0 Å². The van der Waals surface area contributed by atoms with E-state index in [2.05, 4.69) is 38.1 Å². The fourth-order valence-corrected chi connectivity index (χ4v) is 2.20. The normalized spacial score (nSPS) is 11.7. The summed E-state index contributed by atoms with van der Waals surface area (Å²) in [6, 6.07) is 15.6. The number of allylic oxidation sites excluding steroid dienone is 2. The fraction of sp³-hybridized carbons (Fsp3) is 0.190. The van der Waals surface area contributed by atoms with Gasteiger partial charge in [-0.2, -0.15) is 0 Å². The zero-order chi connectivity index (χ0) is 16.5. The summed E-state index contributed by atoms with van der Waals surface area (Å²) >= 11 is 0. The lowest BCUT2D eigenvalue weighted by atomic mass is 10.0. The van der Waals surface area contributed by atoms with Crippen LogP contribution in [0.3, 0.4) is 0 Å². The number of hydrogen-bond donors (Lipinski definition) is 0. The maximum Gasteiger partial charge on any atom is 0.150 e. The Morgan fingerprint density at radius 3 is 2.22 bits per heavy atom. The van der Waals surface area contributed by atoms with Gasteiger partial charge in [0, 0.05) is 5.56 Å². The molecule has 0 saturated carbocycles. The average molecular weight is 306 g/mol. The van der Waals surface area contributed by atoms with Gasteiger partial charge in [-0.05, 0) is 42.2 Å². The van der Waals surface area contributed by atoms with Gasteiger partial charge in [0.05, 0.1) is 0 Å². The molecule has 0 unspecified atom stereocenters. The molecule has 23 heavy (non-hydrogen) atoms.